The first-order chi connectivity index (χ1) is 13.7. The second-order valence-electron chi connectivity index (χ2n) is 7.51. The van der Waals surface area contributed by atoms with E-state index in [4.69, 9.17) is 0 Å². The van der Waals surface area contributed by atoms with Crippen molar-refractivity contribution in [2.45, 2.75) is 51.9 Å². The van der Waals surface area contributed by atoms with Gasteiger partial charge in [-0.1, -0.05) is 50.5 Å². The minimum Gasteiger partial charge on any atom is -0.339 e. The first kappa shape index (κ1) is 20.1. The summed E-state index contributed by atoms with van der Waals surface area (Å²) in [7, 11) is 0. The van der Waals surface area contributed by atoms with Crippen molar-refractivity contribution in [1.82, 2.24) is 4.90 Å². The number of benzene rings is 2. The van der Waals surface area contributed by atoms with Crippen LogP contribution in [-0.2, 0) is 6.42 Å². The molecular weight excluding hydrogens is 348 g/mol. The van der Waals surface area contributed by atoms with Gasteiger partial charge in [0.05, 0.1) is 11.3 Å². The SMILES string of the molecule is CCCCc1cccc(C(=O)Nc2ccccc2C(=O)N2CCCCCC2)c1. The van der Waals surface area contributed by atoms with Crippen LogP contribution in [-0.4, -0.2) is 29.8 Å². The van der Waals surface area contributed by atoms with Gasteiger partial charge in [-0.15, -0.1) is 0 Å². The first-order valence-corrected chi connectivity index (χ1v) is 10.5. The van der Waals surface area contributed by atoms with E-state index in [-0.39, 0.29) is 11.8 Å². The normalized spacial score (nSPS) is 14.4. The van der Waals surface area contributed by atoms with Crippen molar-refractivity contribution in [3.63, 3.8) is 0 Å². The van der Waals surface area contributed by atoms with Gasteiger partial charge < -0.3 is 10.2 Å². The molecule has 0 saturated carbocycles. The van der Waals surface area contributed by atoms with E-state index < -0.39 is 0 Å². The highest BCUT2D eigenvalue weighted by Crippen LogP contribution is 2.21. The first-order valence-electron chi connectivity index (χ1n) is 10.5. The van der Waals surface area contributed by atoms with Gasteiger partial charge >= 0.3 is 0 Å². The van der Waals surface area contributed by atoms with Crippen LogP contribution < -0.4 is 5.32 Å². The Kier molecular flexibility index (Phi) is 7.24. The van der Waals surface area contributed by atoms with Gasteiger partial charge in [-0.05, 0) is 55.5 Å². The number of anilines is 1. The standard InChI is InChI=1S/C24H30N2O2/c1-2-3-11-19-12-10-13-20(18-19)23(27)25-22-15-7-6-14-21(22)24(28)26-16-8-4-5-9-17-26/h6-7,10,12-15,18H,2-5,8-9,11,16-17H2,1H3,(H,25,27). The second kappa shape index (κ2) is 10.1. The molecule has 1 saturated heterocycles. The zero-order valence-electron chi connectivity index (χ0n) is 16.7. The number of hydrogen-bond donors (Lipinski definition) is 1. The summed E-state index contributed by atoms with van der Waals surface area (Å²) in [5.41, 5.74) is 2.95. The van der Waals surface area contributed by atoms with E-state index in [1.807, 2.05) is 41.3 Å². The maximum atomic E-state index is 13.0. The lowest BCUT2D eigenvalue weighted by Gasteiger charge is -2.22. The molecule has 0 aliphatic carbocycles. The van der Waals surface area contributed by atoms with Crippen LogP contribution in [0.25, 0.3) is 0 Å². The van der Waals surface area contributed by atoms with E-state index in [0.717, 1.165) is 45.2 Å². The van der Waals surface area contributed by atoms with Crippen molar-refractivity contribution in [3.05, 3.63) is 65.2 Å². The molecule has 0 bridgehead atoms. The van der Waals surface area contributed by atoms with Gasteiger partial charge in [0.1, 0.15) is 0 Å². The number of carbonyl (C=O) groups excluding carboxylic acids is 2. The van der Waals surface area contributed by atoms with Gasteiger partial charge in [-0.3, -0.25) is 9.59 Å². The molecule has 1 fully saturated rings. The lowest BCUT2D eigenvalue weighted by Crippen LogP contribution is -2.32. The maximum Gasteiger partial charge on any atom is 0.255 e. The number of amides is 2. The maximum absolute atomic E-state index is 13.0. The summed E-state index contributed by atoms with van der Waals surface area (Å²) >= 11 is 0. The molecule has 4 heteroatoms. The zero-order chi connectivity index (χ0) is 19.8. The van der Waals surface area contributed by atoms with Crippen LogP contribution in [0.3, 0.4) is 0 Å². The molecule has 2 aromatic rings. The van der Waals surface area contributed by atoms with Crippen LogP contribution in [0.15, 0.2) is 48.5 Å². The average molecular weight is 379 g/mol. The highest BCUT2D eigenvalue weighted by Gasteiger charge is 2.20. The molecule has 1 N–H and O–H groups in total. The van der Waals surface area contributed by atoms with E-state index in [1.54, 1.807) is 6.07 Å². The molecule has 148 valence electrons. The molecular formula is C24H30N2O2. The summed E-state index contributed by atoms with van der Waals surface area (Å²) in [6, 6.07) is 15.1. The predicted octanol–water partition coefficient (Wildman–Crippen LogP) is 5.30. The molecule has 1 aliphatic heterocycles. The minimum atomic E-state index is -0.172. The summed E-state index contributed by atoms with van der Waals surface area (Å²) in [5, 5.41) is 2.96. The molecule has 4 nitrogen and oxygen atoms in total. The van der Waals surface area contributed by atoms with Crippen molar-refractivity contribution >= 4 is 17.5 Å². The Labute approximate surface area is 167 Å². The number of hydrogen-bond acceptors (Lipinski definition) is 2. The van der Waals surface area contributed by atoms with Crippen molar-refractivity contribution < 1.29 is 9.59 Å². The summed E-state index contributed by atoms with van der Waals surface area (Å²) in [4.78, 5) is 27.8. The summed E-state index contributed by atoms with van der Waals surface area (Å²) in [6.45, 7) is 3.75. The third-order valence-electron chi connectivity index (χ3n) is 5.31. The fourth-order valence-electron chi connectivity index (χ4n) is 3.67. The topological polar surface area (TPSA) is 49.4 Å². The summed E-state index contributed by atoms with van der Waals surface area (Å²) in [6.07, 6.45) is 7.66. The largest absolute Gasteiger partial charge is 0.339 e. The molecule has 0 radical (unpaired) electrons. The average Bonchev–Trinajstić information content (AvgIpc) is 3.02. The number of nitrogens with zero attached hydrogens (tertiary/aromatic N) is 1. The lowest BCUT2D eigenvalue weighted by molar-refractivity contribution is 0.0762. The molecule has 0 spiro atoms. The van der Waals surface area contributed by atoms with Crippen LogP contribution in [0.5, 0.6) is 0 Å². The Morgan fingerprint density at radius 3 is 2.46 bits per heavy atom. The van der Waals surface area contributed by atoms with Crippen molar-refractivity contribution in [2.24, 2.45) is 0 Å². The van der Waals surface area contributed by atoms with Crippen molar-refractivity contribution in [1.29, 1.82) is 0 Å². The molecule has 0 aromatic heterocycles. The van der Waals surface area contributed by atoms with Crippen LogP contribution in [0, 0.1) is 0 Å². The number of para-hydroxylation sites is 1. The number of nitrogens with one attached hydrogen (secondary N) is 1. The van der Waals surface area contributed by atoms with Crippen molar-refractivity contribution in [3.8, 4) is 0 Å². The van der Waals surface area contributed by atoms with E-state index in [0.29, 0.717) is 16.8 Å². The zero-order valence-corrected chi connectivity index (χ0v) is 16.7. The molecule has 2 aromatic carbocycles. The number of unbranched alkanes of at least 4 members (excludes halogenated alkanes) is 1. The molecule has 0 atom stereocenters. The number of aryl methyl sites for hydroxylation is 1. The van der Waals surface area contributed by atoms with Gasteiger partial charge in [-0.2, -0.15) is 0 Å². The lowest BCUT2D eigenvalue weighted by atomic mass is 10.0. The number of likely N-dealkylation sites (tertiary alicyclic amines) is 1. The van der Waals surface area contributed by atoms with Gasteiger partial charge in [0.15, 0.2) is 0 Å². The third kappa shape index (κ3) is 5.22. The van der Waals surface area contributed by atoms with E-state index >= 15 is 0 Å². The molecule has 1 heterocycles. The third-order valence-corrected chi connectivity index (χ3v) is 5.31. The fraction of sp³-hybridized carbons (Fsp3) is 0.417. The van der Waals surface area contributed by atoms with Crippen LogP contribution in [0.1, 0.15) is 71.7 Å². The second-order valence-corrected chi connectivity index (χ2v) is 7.51. The van der Waals surface area contributed by atoms with Gasteiger partial charge in [0.25, 0.3) is 11.8 Å². The van der Waals surface area contributed by atoms with Crippen molar-refractivity contribution in [2.75, 3.05) is 18.4 Å². The van der Waals surface area contributed by atoms with E-state index in [9.17, 15) is 9.59 Å². The summed E-state index contributed by atoms with van der Waals surface area (Å²) in [5.74, 6) is -0.163. The Balaban J connectivity index is 1.75. The Hall–Kier alpha value is -2.62. The Bertz CT molecular complexity index is 808. The predicted molar refractivity (Wildman–Crippen MR) is 114 cm³/mol. The van der Waals surface area contributed by atoms with Crippen LogP contribution in [0.4, 0.5) is 5.69 Å². The number of rotatable bonds is 6. The summed E-state index contributed by atoms with van der Waals surface area (Å²) < 4.78 is 0. The number of carbonyl (C=O) groups is 2. The minimum absolute atomic E-state index is 0.00879. The van der Waals surface area contributed by atoms with E-state index in [2.05, 4.69) is 18.3 Å². The van der Waals surface area contributed by atoms with E-state index in [1.165, 1.54) is 18.4 Å². The van der Waals surface area contributed by atoms with Gasteiger partial charge in [0.2, 0.25) is 0 Å². The highest BCUT2D eigenvalue weighted by molar-refractivity contribution is 6.09. The molecule has 2 amide bonds. The van der Waals surface area contributed by atoms with Gasteiger partial charge in [0, 0.05) is 18.7 Å². The van der Waals surface area contributed by atoms with Crippen LogP contribution in [0.2, 0.25) is 0 Å². The molecule has 0 unspecified atom stereocenters. The Morgan fingerprint density at radius 2 is 1.71 bits per heavy atom. The molecule has 3 rings (SSSR count). The highest BCUT2D eigenvalue weighted by atomic mass is 16.2. The quantitative estimate of drug-likeness (QED) is 0.742. The molecule has 28 heavy (non-hydrogen) atoms. The fourth-order valence-corrected chi connectivity index (χ4v) is 3.67. The Morgan fingerprint density at radius 1 is 0.964 bits per heavy atom. The molecule has 1 aliphatic rings. The van der Waals surface area contributed by atoms with Crippen LogP contribution >= 0.6 is 0 Å². The smallest absolute Gasteiger partial charge is 0.255 e. The monoisotopic (exact) mass is 378 g/mol. The van der Waals surface area contributed by atoms with Gasteiger partial charge in [-0.25, -0.2) is 0 Å².